The Morgan fingerprint density at radius 3 is 2.34 bits per heavy atom. The van der Waals surface area contributed by atoms with Crippen molar-refractivity contribution in [2.24, 2.45) is 11.3 Å². The Bertz CT molecular complexity index is 999. The van der Waals surface area contributed by atoms with E-state index >= 15 is 0 Å². The first-order valence-corrected chi connectivity index (χ1v) is 13.0. The van der Waals surface area contributed by atoms with Crippen LogP contribution in [-0.4, -0.2) is 14.5 Å². The molecule has 0 amide bonds. The normalized spacial score (nSPS) is 13.6. The van der Waals surface area contributed by atoms with Crippen molar-refractivity contribution in [1.82, 2.24) is 14.5 Å². The van der Waals surface area contributed by atoms with Crippen LogP contribution < -0.4 is 0 Å². The molecular weight excluding hydrogens is 458 g/mol. The maximum absolute atomic E-state index is 4.94. The van der Waals surface area contributed by atoms with Gasteiger partial charge in [-0.25, -0.2) is 4.98 Å². The van der Waals surface area contributed by atoms with Crippen LogP contribution in [-0.2, 0) is 5.54 Å². The number of unbranched alkanes of at least 4 members (excludes halogenated alkanes) is 5. The molecule has 3 heterocycles. The third-order valence-electron chi connectivity index (χ3n) is 6.95. The van der Waals surface area contributed by atoms with Crippen molar-refractivity contribution in [2.75, 3.05) is 0 Å². The maximum Gasteiger partial charge on any atom is 0.141 e. The Kier molecular flexibility index (Phi) is 8.19. The van der Waals surface area contributed by atoms with E-state index in [0.717, 1.165) is 26.6 Å². The quantitative estimate of drug-likeness (QED) is 0.261. The Balaban J connectivity index is 1.90. The zero-order valence-corrected chi connectivity index (χ0v) is 22.4. The average molecular weight is 499 g/mol. The van der Waals surface area contributed by atoms with E-state index in [1.165, 1.54) is 44.9 Å². The molecular formula is C28H40BrN3. The standard InChI is InChI=1S/C28H40BrN3/c1-7-8-9-10-11-12-15-25(27(2,3)4)28(5,6)32-20-24(29)23-17-22(19-31-26(23)32)21-14-13-16-30-18-21/h13-14,16-20,25H,7-12,15H2,1-6H3. The summed E-state index contributed by atoms with van der Waals surface area (Å²) in [6, 6.07) is 6.29. The van der Waals surface area contributed by atoms with E-state index in [-0.39, 0.29) is 11.0 Å². The molecule has 4 heteroatoms. The number of aromatic nitrogens is 3. The van der Waals surface area contributed by atoms with E-state index in [4.69, 9.17) is 4.98 Å². The van der Waals surface area contributed by atoms with Gasteiger partial charge in [-0.1, -0.05) is 72.3 Å². The van der Waals surface area contributed by atoms with Gasteiger partial charge >= 0.3 is 0 Å². The largest absolute Gasteiger partial charge is 0.325 e. The van der Waals surface area contributed by atoms with Crippen molar-refractivity contribution in [3.63, 3.8) is 0 Å². The molecule has 0 aliphatic heterocycles. The van der Waals surface area contributed by atoms with Gasteiger partial charge in [0.15, 0.2) is 0 Å². The molecule has 1 unspecified atom stereocenters. The Morgan fingerprint density at radius 1 is 0.969 bits per heavy atom. The monoisotopic (exact) mass is 497 g/mol. The average Bonchev–Trinajstić information content (AvgIpc) is 3.09. The smallest absolute Gasteiger partial charge is 0.141 e. The highest BCUT2D eigenvalue weighted by atomic mass is 79.9. The first-order chi connectivity index (χ1) is 15.2. The summed E-state index contributed by atoms with van der Waals surface area (Å²) < 4.78 is 3.51. The number of hydrogen-bond donors (Lipinski definition) is 0. The van der Waals surface area contributed by atoms with Crippen LogP contribution in [0.15, 0.2) is 47.5 Å². The third-order valence-corrected chi connectivity index (χ3v) is 7.59. The van der Waals surface area contributed by atoms with Gasteiger partial charge in [0, 0.05) is 51.3 Å². The van der Waals surface area contributed by atoms with Gasteiger partial charge in [-0.15, -0.1) is 0 Å². The minimum absolute atomic E-state index is 0.0469. The number of rotatable bonds is 10. The molecule has 0 N–H and O–H groups in total. The molecule has 3 aromatic rings. The van der Waals surface area contributed by atoms with Crippen molar-refractivity contribution >= 4 is 27.0 Å². The molecule has 0 aromatic carbocycles. The highest BCUT2D eigenvalue weighted by Gasteiger charge is 2.39. The van der Waals surface area contributed by atoms with Gasteiger partial charge in [0.05, 0.1) is 0 Å². The molecule has 174 valence electrons. The van der Waals surface area contributed by atoms with E-state index in [1.807, 2.05) is 18.5 Å². The molecule has 3 aromatic heterocycles. The lowest BCUT2D eigenvalue weighted by molar-refractivity contribution is 0.0849. The molecule has 1 atom stereocenters. The van der Waals surface area contributed by atoms with Gasteiger partial charge in [-0.05, 0) is 59.7 Å². The van der Waals surface area contributed by atoms with Gasteiger partial charge in [-0.3, -0.25) is 4.98 Å². The van der Waals surface area contributed by atoms with Crippen LogP contribution in [0, 0.1) is 11.3 Å². The summed E-state index contributed by atoms with van der Waals surface area (Å²) >= 11 is 3.83. The minimum Gasteiger partial charge on any atom is -0.325 e. The lowest BCUT2D eigenvalue weighted by Gasteiger charge is -2.44. The van der Waals surface area contributed by atoms with Gasteiger partial charge in [0.25, 0.3) is 0 Å². The number of hydrogen-bond acceptors (Lipinski definition) is 2. The lowest BCUT2D eigenvalue weighted by atomic mass is 9.67. The van der Waals surface area contributed by atoms with Crippen LogP contribution in [0.25, 0.3) is 22.2 Å². The van der Waals surface area contributed by atoms with E-state index in [9.17, 15) is 0 Å². The van der Waals surface area contributed by atoms with Crippen LogP contribution >= 0.6 is 15.9 Å². The van der Waals surface area contributed by atoms with Crippen LogP contribution in [0.1, 0.15) is 86.5 Å². The molecule has 0 saturated heterocycles. The van der Waals surface area contributed by atoms with Gasteiger partial charge in [-0.2, -0.15) is 0 Å². The van der Waals surface area contributed by atoms with Crippen LogP contribution in [0.5, 0.6) is 0 Å². The summed E-state index contributed by atoms with van der Waals surface area (Å²) in [7, 11) is 0. The van der Waals surface area contributed by atoms with E-state index in [2.05, 4.69) is 85.4 Å². The van der Waals surface area contributed by atoms with Crippen molar-refractivity contribution in [1.29, 1.82) is 0 Å². The van der Waals surface area contributed by atoms with Crippen LogP contribution in [0.3, 0.4) is 0 Å². The summed E-state index contributed by atoms with van der Waals surface area (Å²) in [5.74, 6) is 0.545. The zero-order valence-electron chi connectivity index (χ0n) is 20.8. The fourth-order valence-electron chi connectivity index (χ4n) is 5.34. The van der Waals surface area contributed by atoms with Gasteiger partial charge < -0.3 is 4.57 Å². The van der Waals surface area contributed by atoms with E-state index in [0.29, 0.717) is 5.92 Å². The Labute approximate surface area is 203 Å². The van der Waals surface area contributed by atoms with Crippen molar-refractivity contribution in [3.8, 4) is 11.1 Å². The third kappa shape index (κ3) is 5.62. The van der Waals surface area contributed by atoms with Gasteiger partial charge in [0.1, 0.15) is 5.65 Å². The zero-order chi connectivity index (χ0) is 23.4. The predicted octanol–water partition coefficient (Wildman–Crippen LogP) is 9.01. The van der Waals surface area contributed by atoms with Gasteiger partial charge in [0.2, 0.25) is 0 Å². The molecule has 0 radical (unpaired) electrons. The van der Waals surface area contributed by atoms with E-state index < -0.39 is 0 Å². The first kappa shape index (κ1) is 25.0. The molecule has 0 saturated carbocycles. The summed E-state index contributed by atoms with van der Waals surface area (Å²) in [4.78, 5) is 9.21. The number of fused-ring (bicyclic) bond motifs is 1. The minimum atomic E-state index is -0.0469. The highest BCUT2D eigenvalue weighted by Crippen LogP contribution is 2.45. The summed E-state index contributed by atoms with van der Waals surface area (Å²) in [6.45, 7) is 14.2. The summed E-state index contributed by atoms with van der Waals surface area (Å²) in [6.07, 6.45) is 17.2. The fourth-order valence-corrected chi connectivity index (χ4v) is 5.84. The SMILES string of the molecule is CCCCCCCCC(C(C)(C)C)C(C)(C)n1cc(Br)c2cc(-c3cccnc3)cnc21. The second-order valence-corrected chi connectivity index (χ2v) is 11.7. The van der Waals surface area contributed by atoms with E-state index in [1.54, 1.807) is 6.20 Å². The highest BCUT2D eigenvalue weighted by molar-refractivity contribution is 9.10. The second kappa shape index (κ2) is 10.5. The predicted molar refractivity (Wildman–Crippen MR) is 141 cm³/mol. The molecule has 0 fully saturated rings. The van der Waals surface area contributed by atoms with Crippen LogP contribution in [0.4, 0.5) is 0 Å². The van der Waals surface area contributed by atoms with Crippen molar-refractivity contribution < 1.29 is 0 Å². The number of pyridine rings is 2. The molecule has 3 nitrogen and oxygen atoms in total. The lowest BCUT2D eigenvalue weighted by Crippen LogP contribution is -2.42. The maximum atomic E-state index is 4.94. The molecule has 0 spiro atoms. The Morgan fingerprint density at radius 2 is 1.69 bits per heavy atom. The number of nitrogens with zero attached hydrogens (tertiary/aromatic N) is 3. The summed E-state index contributed by atoms with van der Waals surface area (Å²) in [5.41, 5.74) is 3.41. The van der Waals surface area contributed by atoms with Crippen molar-refractivity contribution in [3.05, 3.63) is 47.5 Å². The molecule has 0 bridgehead atoms. The Hall–Kier alpha value is -1.68. The van der Waals surface area contributed by atoms with Crippen LogP contribution in [0.2, 0.25) is 0 Å². The molecule has 0 aliphatic carbocycles. The fraction of sp³-hybridized carbons (Fsp3) is 0.571. The topological polar surface area (TPSA) is 30.7 Å². The molecule has 3 rings (SSSR count). The molecule has 0 aliphatic rings. The second-order valence-electron chi connectivity index (χ2n) is 10.8. The molecule has 32 heavy (non-hydrogen) atoms. The number of halogens is 1. The van der Waals surface area contributed by atoms with Crippen molar-refractivity contribution in [2.45, 2.75) is 92.0 Å². The summed E-state index contributed by atoms with van der Waals surface area (Å²) in [5, 5.41) is 1.16. The first-order valence-electron chi connectivity index (χ1n) is 12.2.